The fourth-order valence-corrected chi connectivity index (χ4v) is 1.39. The Hall–Kier alpha value is -0.570. The van der Waals surface area contributed by atoms with Crippen molar-refractivity contribution >= 4 is 5.97 Å². The van der Waals surface area contributed by atoms with E-state index in [1.54, 1.807) is 0 Å². The summed E-state index contributed by atoms with van der Waals surface area (Å²) in [6, 6.07) is 0. The molecule has 0 bridgehead atoms. The maximum Gasteiger partial charge on any atom is 0.325 e. The Kier molecular flexibility index (Phi) is 4.24. The highest BCUT2D eigenvalue weighted by Crippen LogP contribution is 2.14. The second-order valence-corrected chi connectivity index (χ2v) is 3.22. The predicted octanol–water partition coefficient (Wildman–Crippen LogP) is 1.28. The number of hydrogen-bond acceptors (Lipinski definition) is 3. The molecule has 0 saturated carbocycles. The van der Waals surface area contributed by atoms with Crippen LogP contribution in [0.1, 0.15) is 27.7 Å². The van der Waals surface area contributed by atoms with Crippen LogP contribution in [0.25, 0.3) is 0 Å². The maximum absolute atomic E-state index is 11.3. The number of carbonyl (C=O) groups excluding carboxylic acids is 1. The molecule has 0 saturated heterocycles. The number of esters is 1. The van der Waals surface area contributed by atoms with E-state index in [1.807, 2.05) is 27.7 Å². The van der Waals surface area contributed by atoms with E-state index < -0.39 is 5.54 Å². The molecule has 0 aromatic heterocycles. The lowest BCUT2D eigenvalue weighted by Gasteiger charge is -2.34. The van der Waals surface area contributed by atoms with Gasteiger partial charge in [0.2, 0.25) is 0 Å². The highest BCUT2D eigenvalue weighted by molar-refractivity contribution is 5.79. The molecule has 0 atom stereocenters. The first kappa shape index (κ1) is 11.4. The molecule has 3 nitrogen and oxygen atoms in total. The van der Waals surface area contributed by atoms with E-state index in [4.69, 9.17) is 4.74 Å². The molecule has 0 spiro atoms. The Bertz CT molecular complexity index is 151. The van der Waals surface area contributed by atoms with E-state index in [0.29, 0.717) is 0 Å². The van der Waals surface area contributed by atoms with Crippen LogP contribution in [0.5, 0.6) is 0 Å². The summed E-state index contributed by atoms with van der Waals surface area (Å²) < 4.78 is 4.72. The molecule has 0 unspecified atom stereocenters. The van der Waals surface area contributed by atoms with E-state index in [-0.39, 0.29) is 5.97 Å². The number of ether oxygens (including phenoxy) is 1. The first-order valence-corrected chi connectivity index (χ1v) is 4.34. The molecule has 0 rings (SSSR count). The highest BCUT2D eigenvalue weighted by atomic mass is 16.5. The van der Waals surface area contributed by atoms with Gasteiger partial charge in [-0.2, -0.15) is 0 Å². The molecule has 0 heterocycles. The van der Waals surface area contributed by atoms with E-state index in [0.717, 1.165) is 13.1 Å². The summed E-state index contributed by atoms with van der Waals surface area (Å²) >= 11 is 0. The predicted molar refractivity (Wildman–Crippen MR) is 49.0 cm³/mol. The van der Waals surface area contributed by atoms with Crippen molar-refractivity contribution in [2.45, 2.75) is 33.2 Å². The Morgan fingerprint density at radius 1 is 1.33 bits per heavy atom. The Balaban J connectivity index is 4.44. The lowest BCUT2D eigenvalue weighted by Crippen LogP contribution is -2.50. The van der Waals surface area contributed by atoms with Gasteiger partial charge in [-0.25, -0.2) is 0 Å². The van der Waals surface area contributed by atoms with Gasteiger partial charge >= 0.3 is 5.97 Å². The number of likely N-dealkylation sites (N-methyl/N-ethyl adjacent to an activating group) is 1. The van der Waals surface area contributed by atoms with Gasteiger partial charge in [0.15, 0.2) is 0 Å². The van der Waals surface area contributed by atoms with Crippen LogP contribution in [0, 0.1) is 0 Å². The van der Waals surface area contributed by atoms with Crippen LogP contribution in [0.3, 0.4) is 0 Å². The maximum atomic E-state index is 11.3. The van der Waals surface area contributed by atoms with Gasteiger partial charge in [0, 0.05) is 0 Å². The second kappa shape index (κ2) is 4.45. The van der Waals surface area contributed by atoms with Gasteiger partial charge in [0.05, 0.1) is 7.11 Å². The topological polar surface area (TPSA) is 29.5 Å². The molecular weight excluding hydrogens is 154 g/mol. The zero-order chi connectivity index (χ0) is 9.78. The van der Waals surface area contributed by atoms with E-state index in [9.17, 15) is 4.79 Å². The van der Waals surface area contributed by atoms with Crippen LogP contribution >= 0.6 is 0 Å². The number of rotatable bonds is 4. The Labute approximate surface area is 74.7 Å². The van der Waals surface area contributed by atoms with Crippen molar-refractivity contribution in [3.05, 3.63) is 0 Å². The van der Waals surface area contributed by atoms with Gasteiger partial charge in [0.25, 0.3) is 0 Å². The summed E-state index contributed by atoms with van der Waals surface area (Å²) in [5, 5.41) is 0. The lowest BCUT2D eigenvalue weighted by molar-refractivity contribution is -0.153. The van der Waals surface area contributed by atoms with Crippen molar-refractivity contribution in [2.75, 3.05) is 20.2 Å². The minimum Gasteiger partial charge on any atom is -0.468 e. The molecule has 12 heavy (non-hydrogen) atoms. The molecular formula is C9H19NO2. The summed E-state index contributed by atoms with van der Waals surface area (Å²) in [5.74, 6) is -0.175. The first-order valence-electron chi connectivity index (χ1n) is 4.34. The summed E-state index contributed by atoms with van der Waals surface area (Å²) in [5.41, 5.74) is -0.502. The summed E-state index contributed by atoms with van der Waals surface area (Å²) in [4.78, 5) is 13.4. The fraction of sp³-hybridized carbons (Fsp3) is 0.889. The molecule has 0 aliphatic heterocycles. The number of carbonyl (C=O) groups is 1. The van der Waals surface area contributed by atoms with Gasteiger partial charge in [-0.3, -0.25) is 9.69 Å². The van der Waals surface area contributed by atoms with Crippen LogP contribution in [0.2, 0.25) is 0 Å². The minimum absolute atomic E-state index is 0.175. The molecule has 0 fully saturated rings. The van der Waals surface area contributed by atoms with Crippen LogP contribution in [-0.2, 0) is 9.53 Å². The summed E-state index contributed by atoms with van der Waals surface area (Å²) in [6.07, 6.45) is 0. The van der Waals surface area contributed by atoms with Crippen molar-refractivity contribution < 1.29 is 9.53 Å². The minimum atomic E-state index is -0.502. The Morgan fingerprint density at radius 2 is 1.75 bits per heavy atom. The van der Waals surface area contributed by atoms with Gasteiger partial charge in [-0.05, 0) is 26.9 Å². The normalized spacial score (nSPS) is 11.8. The molecule has 0 radical (unpaired) electrons. The third-order valence-electron chi connectivity index (χ3n) is 2.24. The fourth-order valence-electron chi connectivity index (χ4n) is 1.39. The van der Waals surface area contributed by atoms with Crippen molar-refractivity contribution in [3.63, 3.8) is 0 Å². The van der Waals surface area contributed by atoms with Crippen LogP contribution < -0.4 is 0 Å². The van der Waals surface area contributed by atoms with Gasteiger partial charge < -0.3 is 4.74 Å². The standard InChI is InChI=1S/C9H19NO2/c1-6-10(7-2)9(3,4)8(11)12-5/h6-7H2,1-5H3. The van der Waals surface area contributed by atoms with Crippen molar-refractivity contribution in [3.8, 4) is 0 Å². The average Bonchev–Trinajstić information content (AvgIpc) is 2.04. The van der Waals surface area contributed by atoms with Crippen molar-refractivity contribution in [1.29, 1.82) is 0 Å². The molecule has 0 aliphatic rings. The van der Waals surface area contributed by atoms with E-state index >= 15 is 0 Å². The number of methoxy groups -OCH3 is 1. The monoisotopic (exact) mass is 173 g/mol. The molecule has 72 valence electrons. The average molecular weight is 173 g/mol. The smallest absolute Gasteiger partial charge is 0.325 e. The summed E-state index contributed by atoms with van der Waals surface area (Å²) in [6.45, 7) is 9.55. The molecule has 0 aliphatic carbocycles. The molecule has 0 aromatic carbocycles. The van der Waals surface area contributed by atoms with Crippen LogP contribution in [0.15, 0.2) is 0 Å². The molecule has 3 heteroatoms. The number of nitrogens with zero attached hydrogens (tertiary/aromatic N) is 1. The van der Waals surface area contributed by atoms with Gasteiger partial charge in [0.1, 0.15) is 5.54 Å². The highest BCUT2D eigenvalue weighted by Gasteiger charge is 2.33. The molecule has 0 N–H and O–H groups in total. The molecule has 0 amide bonds. The SMILES string of the molecule is CCN(CC)C(C)(C)C(=O)OC. The lowest BCUT2D eigenvalue weighted by atomic mass is 10.0. The third-order valence-corrected chi connectivity index (χ3v) is 2.24. The van der Waals surface area contributed by atoms with Crippen molar-refractivity contribution in [2.24, 2.45) is 0 Å². The zero-order valence-electron chi connectivity index (χ0n) is 8.68. The van der Waals surface area contributed by atoms with E-state index in [2.05, 4.69) is 4.90 Å². The van der Waals surface area contributed by atoms with Gasteiger partial charge in [-0.1, -0.05) is 13.8 Å². The summed E-state index contributed by atoms with van der Waals surface area (Å²) in [7, 11) is 1.42. The van der Waals surface area contributed by atoms with E-state index in [1.165, 1.54) is 7.11 Å². The number of hydrogen-bond donors (Lipinski definition) is 0. The molecule has 0 aromatic rings. The van der Waals surface area contributed by atoms with Crippen LogP contribution in [0.4, 0.5) is 0 Å². The van der Waals surface area contributed by atoms with Crippen LogP contribution in [-0.4, -0.2) is 36.6 Å². The first-order chi connectivity index (χ1) is 5.50. The van der Waals surface area contributed by atoms with Gasteiger partial charge in [-0.15, -0.1) is 0 Å². The second-order valence-electron chi connectivity index (χ2n) is 3.22. The largest absolute Gasteiger partial charge is 0.468 e. The Morgan fingerprint density at radius 3 is 2.00 bits per heavy atom. The zero-order valence-corrected chi connectivity index (χ0v) is 8.68. The van der Waals surface area contributed by atoms with Crippen molar-refractivity contribution in [1.82, 2.24) is 4.90 Å². The quantitative estimate of drug-likeness (QED) is 0.600. The third kappa shape index (κ3) is 2.21.